The molecule has 0 aliphatic carbocycles. The first-order valence-corrected chi connectivity index (χ1v) is 9.63. The lowest BCUT2D eigenvalue weighted by Crippen LogP contribution is -2.52. The molecule has 0 amide bonds. The largest absolute Gasteiger partial charge is 0.388 e. The minimum atomic E-state index is -0.916. The van der Waals surface area contributed by atoms with E-state index < -0.39 is 24.6 Å². The Morgan fingerprint density at radius 3 is 2.50 bits per heavy atom. The second-order valence-electron chi connectivity index (χ2n) is 7.34. The van der Waals surface area contributed by atoms with Crippen molar-refractivity contribution in [1.29, 1.82) is 0 Å². The summed E-state index contributed by atoms with van der Waals surface area (Å²) in [5.74, 6) is 0.883. The smallest absolute Gasteiger partial charge is 0.184 e. The minimum absolute atomic E-state index is 0.116. The van der Waals surface area contributed by atoms with E-state index in [9.17, 15) is 10.2 Å². The van der Waals surface area contributed by atoms with Crippen LogP contribution in [0.3, 0.4) is 0 Å². The minimum Gasteiger partial charge on any atom is -0.388 e. The third-order valence-corrected chi connectivity index (χ3v) is 5.31. The van der Waals surface area contributed by atoms with Gasteiger partial charge in [0.2, 0.25) is 0 Å². The Morgan fingerprint density at radius 1 is 1.11 bits per heavy atom. The fourth-order valence-corrected chi connectivity index (χ4v) is 3.75. The van der Waals surface area contributed by atoms with Crippen molar-refractivity contribution in [2.24, 2.45) is 4.99 Å². The average Bonchev–Trinajstić information content (AvgIpc) is 3.09. The van der Waals surface area contributed by atoms with E-state index in [1.165, 1.54) is 5.56 Å². The second kappa shape index (κ2) is 8.41. The average molecular weight is 382 g/mol. The Labute approximate surface area is 165 Å². The van der Waals surface area contributed by atoms with Crippen molar-refractivity contribution in [1.82, 2.24) is 4.90 Å². The molecule has 2 N–H and O–H groups in total. The maximum absolute atomic E-state index is 10.9. The quantitative estimate of drug-likeness (QED) is 0.829. The zero-order chi connectivity index (χ0) is 19.5. The van der Waals surface area contributed by atoms with Crippen LogP contribution >= 0.6 is 0 Å². The Bertz CT molecular complexity index is 799. The third kappa shape index (κ3) is 4.10. The number of hydrogen-bond donors (Lipinski definition) is 2. The highest BCUT2D eigenvalue weighted by atomic mass is 16.7. The predicted octanol–water partition coefficient (Wildman–Crippen LogP) is 2.13. The van der Waals surface area contributed by atoms with Crippen LogP contribution in [0.5, 0.6) is 0 Å². The number of aliphatic hydroxyl groups is 2. The van der Waals surface area contributed by atoms with E-state index in [2.05, 4.69) is 22.0 Å². The van der Waals surface area contributed by atoms with Crippen molar-refractivity contribution in [2.75, 3.05) is 13.2 Å². The SMILES string of the molecule is CC1=N[C@H]([C@@H](O)[C@@H]2OC(c3ccccc3)OC[C@H]2O)CN1Cc1ccccc1. The lowest BCUT2D eigenvalue weighted by Gasteiger charge is -2.37. The summed E-state index contributed by atoms with van der Waals surface area (Å²) in [4.78, 5) is 6.78. The number of aliphatic imine (C=N–C) groups is 1. The molecule has 2 aliphatic heterocycles. The number of aliphatic hydroxyl groups excluding tert-OH is 2. The molecule has 0 radical (unpaired) electrons. The van der Waals surface area contributed by atoms with Crippen LogP contribution in [0.2, 0.25) is 0 Å². The van der Waals surface area contributed by atoms with E-state index in [1.54, 1.807) is 0 Å². The molecule has 5 atom stereocenters. The van der Waals surface area contributed by atoms with Crippen molar-refractivity contribution in [3.05, 3.63) is 71.8 Å². The highest BCUT2D eigenvalue weighted by Gasteiger charge is 2.41. The van der Waals surface area contributed by atoms with Crippen molar-refractivity contribution in [3.63, 3.8) is 0 Å². The van der Waals surface area contributed by atoms with Crippen molar-refractivity contribution in [3.8, 4) is 0 Å². The van der Waals surface area contributed by atoms with E-state index in [4.69, 9.17) is 9.47 Å². The lowest BCUT2D eigenvalue weighted by atomic mass is 10.00. The number of hydrogen-bond acceptors (Lipinski definition) is 6. The summed E-state index contributed by atoms with van der Waals surface area (Å²) in [5.41, 5.74) is 2.06. The van der Waals surface area contributed by atoms with Gasteiger partial charge in [-0.15, -0.1) is 0 Å². The van der Waals surface area contributed by atoms with Crippen LogP contribution in [0, 0.1) is 0 Å². The van der Waals surface area contributed by atoms with Gasteiger partial charge in [-0.1, -0.05) is 60.7 Å². The zero-order valence-electron chi connectivity index (χ0n) is 15.9. The Balaban J connectivity index is 1.42. The first-order valence-electron chi connectivity index (χ1n) is 9.63. The molecule has 2 aliphatic rings. The Kier molecular flexibility index (Phi) is 5.73. The van der Waals surface area contributed by atoms with Gasteiger partial charge >= 0.3 is 0 Å². The first kappa shape index (κ1) is 19.1. The summed E-state index contributed by atoms with van der Waals surface area (Å²) in [7, 11) is 0. The number of benzene rings is 2. The molecule has 148 valence electrons. The van der Waals surface area contributed by atoms with Gasteiger partial charge in [0.05, 0.1) is 18.5 Å². The molecule has 0 bridgehead atoms. The normalized spacial score (nSPS) is 28.8. The van der Waals surface area contributed by atoms with Gasteiger partial charge in [0.1, 0.15) is 18.3 Å². The number of ether oxygens (including phenoxy) is 2. The van der Waals surface area contributed by atoms with E-state index in [-0.39, 0.29) is 12.6 Å². The maximum Gasteiger partial charge on any atom is 0.184 e. The Hall–Kier alpha value is -2.25. The molecule has 1 fully saturated rings. The fraction of sp³-hybridized carbons (Fsp3) is 0.409. The number of nitrogens with zero attached hydrogens (tertiary/aromatic N) is 2. The highest BCUT2D eigenvalue weighted by Crippen LogP contribution is 2.30. The molecule has 28 heavy (non-hydrogen) atoms. The molecule has 2 aromatic rings. The Morgan fingerprint density at radius 2 is 1.79 bits per heavy atom. The fourth-order valence-electron chi connectivity index (χ4n) is 3.75. The van der Waals surface area contributed by atoms with E-state index in [0.29, 0.717) is 6.54 Å². The molecular formula is C22H26N2O4. The molecule has 6 nitrogen and oxygen atoms in total. The molecule has 0 spiro atoms. The van der Waals surface area contributed by atoms with Crippen LogP contribution in [0.4, 0.5) is 0 Å². The summed E-state index contributed by atoms with van der Waals surface area (Å²) in [5, 5.41) is 21.3. The zero-order valence-corrected chi connectivity index (χ0v) is 15.9. The third-order valence-electron chi connectivity index (χ3n) is 5.31. The topological polar surface area (TPSA) is 74.5 Å². The first-order chi connectivity index (χ1) is 13.6. The standard InChI is InChI=1S/C22H26N2O4/c1-15-23-18(13-24(15)12-16-8-4-2-5-9-16)20(26)21-19(25)14-27-22(28-21)17-10-6-3-7-11-17/h2-11,18-22,25-26H,12-14H2,1H3/t18-,19+,20+,21+,22?/m0/s1. The van der Waals surface area contributed by atoms with Crippen LogP contribution in [0.1, 0.15) is 24.3 Å². The van der Waals surface area contributed by atoms with Crippen LogP contribution in [-0.4, -0.2) is 58.5 Å². The lowest BCUT2D eigenvalue weighted by molar-refractivity contribution is -0.277. The van der Waals surface area contributed by atoms with Gasteiger partial charge < -0.3 is 24.6 Å². The van der Waals surface area contributed by atoms with Crippen LogP contribution in [0.15, 0.2) is 65.7 Å². The molecule has 4 rings (SSSR count). The summed E-state index contributed by atoms with van der Waals surface area (Å²) in [6, 6.07) is 19.4. The molecular weight excluding hydrogens is 356 g/mol. The maximum atomic E-state index is 10.9. The van der Waals surface area contributed by atoms with Gasteiger partial charge in [-0.3, -0.25) is 4.99 Å². The van der Waals surface area contributed by atoms with Gasteiger partial charge in [-0.2, -0.15) is 0 Å². The van der Waals surface area contributed by atoms with Gasteiger partial charge in [0, 0.05) is 18.7 Å². The molecule has 0 aromatic heterocycles. The molecule has 6 heteroatoms. The molecule has 1 saturated heterocycles. The van der Waals surface area contributed by atoms with Crippen LogP contribution in [-0.2, 0) is 16.0 Å². The summed E-state index contributed by atoms with van der Waals surface area (Å²) >= 11 is 0. The van der Waals surface area contributed by atoms with Gasteiger partial charge in [-0.05, 0) is 12.5 Å². The van der Waals surface area contributed by atoms with Crippen molar-refractivity contribution < 1.29 is 19.7 Å². The summed E-state index contributed by atoms with van der Waals surface area (Å²) < 4.78 is 11.5. The second-order valence-corrected chi connectivity index (χ2v) is 7.34. The molecule has 2 aromatic carbocycles. The predicted molar refractivity (Wildman–Crippen MR) is 106 cm³/mol. The van der Waals surface area contributed by atoms with Gasteiger partial charge in [0.25, 0.3) is 0 Å². The number of amidine groups is 1. The molecule has 0 saturated carbocycles. The monoisotopic (exact) mass is 382 g/mol. The molecule has 2 heterocycles. The van der Waals surface area contributed by atoms with E-state index in [1.807, 2.05) is 55.5 Å². The van der Waals surface area contributed by atoms with Gasteiger partial charge in [-0.25, -0.2) is 0 Å². The summed E-state index contributed by atoms with van der Waals surface area (Å²) in [6.45, 7) is 3.39. The van der Waals surface area contributed by atoms with Crippen molar-refractivity contribution in [2.45, 2.75) is 44.1 Å². The van der Waals surface area contributed by atoms with E-state index >= 15 is 0 Å². The van der Waals surface area contributed by atoms with Crippen LogP contribution in [0.25, 0.3) is 0 Å². The number of rotatable bonds is 5. The van der Waals surface area contributed by atoms with E-state index in [0.717, 1.165) is 17.9 Å². The van der Waals surface area contributed by atoms with Gasteiger partial charge in [0.15, 0.2) is 6.29 Å². The molecule has 1 unspecified atom stereocenters. The highest BCUT2D eigenvalue weighted by molar-refractivity contribution is 5.81. The van der Waals surface area contributed by atoms with Crippen LogP contribution < -0.4 is 0 Å². The summed E-state index contributed by atoms with van der Waals surface area (Å²) in [6.07, 6.45) is -3.16. The van der Waals surface area contributed by atoms with Crippen molar-refractivity contribution >= 4 is 5.84 Å².